The van der Waals surface area contributed by atoms with Crippen LogP contribution in [0.3, 0.4) is 0 Å². The maximum Gasteiger partial charge on any atom is 0.0587 e. The van der Waals surface area contributed by atoms with Gasteiger partial charge in [0.25, 0.3) is 0 Å². The Hall–Kier alpha value is -0.0800. The second-order valence-corrected chi connectivity index (χ2v) is 5.16. The van der Waals surface area contributed by atoms with E-state index >= 15 is 0 Å². The quantitative estimate of drug-likeness (QED) is 0.682. The minimum atomic E-state index is 0.514. The first-order chi connectivity index (χ1) is 7.38. The molecule has 2 fully saturated rings. The highest BCUT2D eigenvalue weighted by molar-refractivity contribution is 4.77. The molecule has 2 nitrogen and oxygen atoms in total. The van der Waals surface area contributed by atoms with Gasteiger partial charge in [-0.15, -0.1) is 0 Å². The molecule has 1 N–H and O–H groups in total. The van der Waals surface area contributed by atoms with Gasteiger partial charge in [-0.05, 0) is 44.6 Å². The first-order valence-electron chi connectivity index (χ1n) is 6.73. The summed E-state index contributed by atoms with van der Waals surface area (Å²) in [5.74, 6) is 1.09. The van der Waals surface area contributed by atoms with Crippen molar-refractivity contribution in [1.82, 2.24) is 5.32 Å². The van der Waals surface area contributed by atoms with E-state index in [0.29, 0.717) is 6.10 Å². The van der Waals surface area contributed by atoms with Gasteiger partial charge in [0.2, 0.25) is 0 Å². The lowest BCUT2D eigenvalue weighted by molar-refractivity contribution is -0.0000103. The fourth-order valence-corrected chi connectivity index (χ4v) is 2.45. The van der Waals surface area contributed by atoms with E-state index < -0.39 is 0 Å². The Morgan fingerprint density at radius 1 is 1.27 bits per heavy atom. The van der Waals surface area contributed by atoms with E-state index in [4.69, 9.17) is 4.74 Å². The summed E-state index contributed by atoms with van der Waals surface area (Å²) in [5.41, 5.74) is 0. The second-order valence-electron chi connectivity index (χ2n) is 5.16. The fourth-order valence-electron chi connectivity index (χ4n) is 2.45. The molecule has 88 valence electrons. The third-order valence-corrected chi connectivity index (χ3v) is 3.74. The van der Waals surface area contributed by atoms with Crippen molar-refractivity contribution in [2.45, 2.75) is 64.0 Å². The molecule has 2 atom stereocenters. The van der Waals surface area contributed by atoms with Crippen molar-refractivity contribution in [3.8, 4) is 0 Å². The van der Waals surface area contributed by atoms with Gasteiger partial charge in [-0.25, -0.2) is 0 Å². The largest absolute Gasteiger partial charge is 0.378 e. The highest BCUT2D eigenvalue weighted by Crippen LogP contribution is 2.33. The maximum atomic E-state index is 5.67. The van der Waals surface area contributed by atoms with E-state index in [2.05, 4.69) is 12.2 Å². The molecule has 0 spiro atoms. The Bertz CT molecular complexity index is 179. The van der Waals surface area contributed by atoms with Crippen LogP contribution in [0.25, 0.3) is 0 Å². The van der Waals surface area contributed by atoms with Gasteiger partial charge in [0.05, 0.1) is 6.10 Å². The average molecular weight is 211 g/mol. The lowest BCUT2D eigenvalue weighted by atomic mass is 10.0. The van der Waals surface area contributed by atoms with Gasteiger partial charge < -0.3 is 10.1 Å². The van der Waals surface area contributed by atoms with E-state index in [1.165, 1.54) is 51.5 Å². The van der Waals surface area contributed by atoms with Gasteiger partial charge in [0.15, 0.2) is 0 Å². The van der Waals surface area contributed by atoms with Crippen LogP contribution in [-0.4, -0.2) is 25.3 Å². The molecule has 1 saturated heterocycles. The second kappa shape index (κ2) is 5.86. The van der Waals surface area contributed by atoms with Crippen molar-refractivity contribution >= 4 is 0 Å². The lowest BCUT2D eigenvalue weighted by Gasteiger charge is -2.29. The fraction of sp³-hybridized carbons (Fsp3) is 1.00. The molecule has 1 heterocycles. The third kappa shape index (κ3) is 4.12. The molecule has 2 unspecified atom stereocenters. The van der Waals surface area contributed by atoms with Crippen LogP contribution < -0.4 is 5.32 Å². The van der Waals surface area contributed by atoms with Crippen LogP contribution in [-0.2, 0) is 4.74 Å². The molecular weight excluding hydrogens is 186 g/mol. The number of rotatable bonds is 6. The summed E-state index contributed by atoms with van der Waals surface area (Å²) in [5, 5.41) is 3.69. The van der Waals surface area contributed by atoms with Crippen molar-refractivity contribution in [3.05, 3.63) is 0 Å². The molecule has 2 aliphatic rings. The van der Waals surface area contributed by atoms with E-state index in [1.54, 1.807) is 0 Å². The molecule has 2 heteroatoms. The molecule has 1 aliphatic heterocycles. The number of hydrogen-bond acceptors (Lipinski definition) is 2. The number of hydrogen-bond donors (Lipinski definition) is 1. The molecule has 15 heavy (non-hydrogen) atoms. The standard InChI is InChI=1S/C13H25NO/c1-2-13-10-12(7-9-15-13)14-8-3-4-11-5-6-11/h11-14H,2-10H2,1H3. The van der Waals surface area contributed by atoms with Gasteiger partial charge in [-0.3, -0.25) is 0 Å². The monoisotopic (exact) mass is 211 g/mol. The molecule has 0 aromatic heterocycles. The summed E-state index contributed by atoms with van der Waals surface area (Å²) in [6, 6.07) is 0.725. The SMILES string of the molecule is CCC1CC(NCCCC2CC2)CCO1. The molecule has 0 radical (unpaired) electrons. The van der Waals surface area contributed by atoms with Crippen molar-refractivity contribution in [3.63, 3.8) is 0 Å². The molecule has 0 amide bonds. The van der Waals surface area contributed by atoms with E-state index in [9.17, 15) is 0 Å². The first kappa shape index (κ1) is 11.4. The van der Waals surface area contributed by atoms with Crippen LogP contribution in [0.5, 0.6) is 0 Å². The normalized spacial score (nSPS) is 31.8. The molecule has 1 saturated carbocycles. The zero-order valence-corrected chi connectivity index (χ0v) is 10.0. The first-order valence-corrected chi connectivity index (χ1v) is 6.73. The van der Waals surface area contributed by atoms with Crippen molar-refractivity contribution in [2.75, 3.05) is 13.2 Å². The number of nitrogens with one attached hydrogen (secondary N) is 1. The topological polar surface area (TPSA) is 21.3 Å². The van der Waals surface area contributed by atoms with Crippen LogP contribution in [0.1, 0.15) is 51.9 Å². The molecule has 0 bridgehead atoms. The summed E-state index contributed by atoms with van der Waals surface area (Å²) in [4.78, 5) is 0. The molecule has 0 aromatic carbocycles. The van der Waals surface area contributed by atoms with E-state index in [-0.39, 0.29) is 0 Å². The minimum absolute atomic E-state index is 0.514. The maximum absolute atomic E-state index is 5.67. The number of ether oxygens (including phenoxy) is 1. The highest BCUT2D eigenvalue weighted by Gasteiger charge is 2.22. The Morgan fingerprint density at radius 2 is 2.13 bits per heavy atom. The van der Waals surface area contributed by atoms with Gasteiger partial charge in [-0.1, -0.05) is 19.8 Å². The van der Waals surface area contributed by atoms with Crippen molar-refractivity contribution < 1.29 is 4.74 Å². The van der Waals surface area contributed by atoms with Crippen LogP contribution in [0.4, 0.5) is 0 Å². The predicted molar refractivity (Wildman–Crippen MR) is 63.0 cm³/mol. The van der Waals surface area contributed by atoms with Crippen LogP contribution in [0.15, 0.2) is 0 Å². The summed E-state index contributed by atoms with van der Waals surface area (Å²) in [6.07, 6.45) is 9.93. The molecule has 2 rings (SSSR count). The van der Waals surface area contributed by atoms with Crippen molar-refractivity contribution in [2.24, 2.45) is 5.92 Å². The van der Waals surface area contributed by atoms with Gasteiger partial charge in [0, 0.05) is 12.6 Å². The molecular formula is C13H25NO. The smallest absolute Gasteiger partial charge is 0.0587 e. The van der Waals surface area contributed by atoms with Crippen LogP contribution >= 0.6 is 0 Å². The minimum Gasteiger partial charge on any atom is -0.378 e. The van der Waals surface area contributed by atoms with Gasteiger partial charge in [-0.2, -0.15) is 0 Å². The zero-order chi connectivity index (χ0) is 10.5. The predicted octanol–water partition coefficient (Wildman–Crippen LogP) is 2.72. The summed E-state index contributed by atoms with van der Waals surface area (Å²) < 4.78 is 5.67. The van der Waals surface area contributed by atoms with Gasteiger partial charge >= 0.3 is 0 Å². The Kier molecular flexibility index (Phi) is 4.45. The Labute approximate surface area is 93.8 Å². The summed E-state index contributed by atoms with van der Waals surface area (Å²) >= 11 is 0. The van der Waals surface area contributed by atoms with Crippen LogP contribution in [0.2, 0.25) is 0 Å². The van der Waals surface area contributed by atoms with E-state index in [1.807, 2.05) is 0 Å². The highest BCUT2D eigenvalue weighted by atomic mass is 16.5. The zero-order valence-electron chi connectivity index (χ0n) is 10.0. The van der Waals surface area contributed by atoms with Crippen LogP contribution in [0, 0.1) is 5.92 Å². The summed E-state index contributed by atoms with van der Waals surface area (Å²) in [6.45, 7) is 4.40. The Morgan fingerprint density at radius 3 is 2.87 bits per heavy atom. The van der Waals surface area contributed by atoms with E-state index in [0.717, 1.165) is 18.6 Å². The Balaban J connectivity index is 1.52. The average Bonchev–Trinajstić information content (AvgIpc) is 3.09. The van der Waals surface area contributed by atoms with Crippen molar-refractivity contribution in [1.29, 1.82) is 0 Å². The lowest BCUT2D eigenvalue weighted by Crippen LogP contribution is -2.39. The van der Waals surface area contributed by atoms with Gasteiger partial charge in [0.1, 0.15) is 0 Å². The molecule has 1 aliphatic carbocycles. The summed E-state index contributed by atoms with van der Waals surface area (Å²) in [7, 11) is 0. The molecule has 0 aromatic rings. The third-order valence-electron chi connectivity index (χ3n) is 3.74.